The summed E-state index contributed by atoms with van der Waals surface area (Å²) < 4.78 is 0. The van der Waals surface area contributed by atoms with Crippen LogP contribution in [0.2, 0.25) is 5.02 Å². The Morgan fingerprint density at radius 2 is 1.90 bits per heavy atom. The third kappa shape index (κ3) is 2.49. The summed E-state index contributed by atoms with van der Waals surface area (Å²) in [7, 11) is 0. The lowest BCUT2D eigenvalue weighted by Crippen LogP contribution is -2.29. The highest BCUT2D eigenvalue weighted by molar-refractivity contribution is 6.30. The van der Waals surface area contributed by atoms with Crippen LogP contribution in [0.4, 0.5) is 0 Å². The molecule has 3 rings (SSSR count). The van der Waals surface area contributed by atoms with Crippen LogP contribution in [0, 0.1) is 0 Å². The second-order valence-corrected chi connectivity index (χ2v) is 4.90. The molecule has 1 atom stereocenters. The van der Waals surface area contributed by atoms with Crippen molar-refractivity contribution in [2.75, 3.05) is 0 Å². The van der Waals surface area contributed by atoms with Gasteiger partial charge in [0.15, 0.2) is 0 Å². The van der Waals surface area contributed by atoms with E-state index in [9.17, 15) is 0 Å². The van der Waals surface area contributed by atoms with Crippen LogP contribution in [0.3, 0.4) is 0 Å². The number of hydrogen-bond donors (Lipinski definition) is 2. The summed E-state index contributed by atoms with van der Waals surface area (Å²) >= 11 is 5.86. The molecule has 5 heteroatoms. The van der Waals surface area contributed by atoms with Crippen molar-refractivity contribution < 1.29 is 0 Å². The fraction of sp³-hybridized carbons (Fsp3) is 0.0667. The Bertz CT molecular complexity index is 727. The SMILES string of the molecule is NNC(c1cnc2ccccc2c1)c1ccc(Cl)cn1. The number of rotatable bonds is 3. The molecular formula is C15H13ClN4. The quantitative estimate of drug-likeness (QED) is 0.573. The van der Waals surface area contributed by atoms with Crippen molar-refractivity contribution in [1.29, 1.82) is 0 Å². The number of hydrazine groups is 1. The minimum absolute atomic E-state index is 0.218. The van der Waals surface area contributed by atoms with Crippen LogP contribution >= 0.6 is 11.6 Å². The van der Waals surface area contributed by atoms with Crippen LogP contribution in [0.25, 0.3) is 10.9 Å². The molecule has 1 aromatic carbocycles. The number of nitrogens with one attached hydrogen (secondary N) is 1. The standard InChI is InChI=1S/C15H13ClN4/c16-12-5-6-14(19-9-12)15(20-17)11-7-10-3-1-2-4-13(10)18-8-11/h1-9,15,20H,17H2. The number of nitrogens with two attached hydrogens (primary N) is 1. The van der Waals surface area contributed by atoms with Crippen LogP contribution in [0.1, 0.15) is 17.3 Å². The maximum atomic E-state index is 5.86. The summed E-state index contributed by atoms with van der Waals surface area (Å²) in [4.78, 5) is 8.75. The molecule has 100 valence electrons. The minimum atomic E-state index is -0.218. The van der Waals surface area contributed by atoms with Crippen molar-refractivity contribution in [3.63, 3.8) is 0 Å². The van der Waals surface area contributed by atoms with Gasteiger partial charge < -0.3 is 0 Å². The lowest BCUT2D eigenvalue weighted by atomic mass is 10.0. The number of para-hydroxylation sites is 1. The van der Waals surface area contributed by atoms with Crippen molar-refractivity contribution in [3.05, 3.63) is 71.1 Å². The van der Waals surface area contributed by atoms with E-state index < -0.39 is 0 Å². The van der Waals surface area contributed by atoms with Gasteiger partial charge in [0.1, 0.15) is 0 Å². The molecule has 0 saturated heterocycles. The van der Waals surface area contributed by atoms with Crippen LogP contribution < -0.4 is 11.3 Å². The van der Waals surface area contributed by atoms with E-state index in [0.29, 0.717) is 5.02 Å². The van der Waals surface area contributed by atoms with E-state index in [-0.39, 0.29) is 6.04 Å². The fourth-order valence-electron chi connectivity index (χ4n) is 2.16. The van der Waals surface area contributed by atoms with Crippen LogP contribution in [-0.2, 0) is 0 Å². The summed E-state index contributed by atoms with van der Waals surface area (Å²) in [5.74, 6) is 5.67. The Kier molecular flexibility index (Phi) is 3.60. The van der Waals surface area contributed by atoms with Crippen LogP contribution in [0.15, 0.2) is 54.9 Å². The average Bonchev–Trinajstić information content (AvgIpc) is 2.50. The first-order chi connectivity index (χ1) is 9.78. The smallest absolute Gasteiger partial charge is 0.0896 e. The van der Waals surface area contributed by atoms with E-state index in [1.54, 1.807) is 12.3 Å². The molecule has 4 nitrogen and oxygen atoms in total. The molecule has 1 unspecified atom stereocenters. The maximum Gasteiger partial charge on any atom is 0.0896 e. The largest absolute Gasteiger partial charge is 0.271 e. The summed E-state index contributed by atoms with van der Waals surface area (Å²) in [5.41, 5.74) is 5.49. The summed E-state index contributed by atoms with van der Waals surface area (Å²) in [6, 6.07) is 13.4. The lowest BCUT2D eigenvalue weighted by Gasteiger charge is -2.16. The second kappa shape index (κ2) is 5.54. The molecule has 0 radical (unpaired) electrons. The van der Waals surface area contributed by atoms with Gasteiger partial charge in [0, 0.05) is 17.8 Å². The summed E-state index contributed by atoms with van der Waals surface area (Å²) in [5, 5.41) is 1.67. The monoisotopic (exact) mass is 284 g/mol. The predicted molar refractivity (Wildman–Crippen MR) is 80.2 cm³/mol. The highest BCUT2D eigenvalue weighted by atomic mass is 35.5. The molecule has 0 spiro atoms. The molecule has 0 aliphatic heterocycles. The zero-order chi connectivity index (χ0) is 13.9. The summed E-state index contributed by atoms with van der Waals surface area (Å²) in [6.07, 6.45) is 3.42. The molecule has 3 aromatic rings. The number of aromatic nitrogens is 2. The van der Waals surface area contributed by atoms with Gasteiger partial charge in [0.2, 0.25) is 0 Å². The van der Waals surface area contributed by atoms with Gasteiger partial charge in [0.25, 0.3) is 0 Å². The molecule has 0 aliphatic rings. The summed E-state index contributed by atoms with van der Waals surface area (Å²) in [6.45, 7) is 0. The average molecular weight is 285 g/mol. The molecular weight excluding hydrogens is 272 g/mol. The van der Waals surface area contributed by atoms with Gasteiger partial charge in [-0.3, -0.25) is 15.8 Å². The van der Waals surface area contributed by atoms with Gasteiger partial charge in [-0.2, -0.15) is 0 Å². The van der Waals surface area contributed by atoms with Gasteiger partial charge in [-0.1, -0.05) is 29.8 Å². The van der Waals surface area contributed by atoms with Crippen molar-refractivity contribution in [3.8, 4) is 0 Å². The Balaban J connectivity index is 2.04. The first-order valence-electron chi connectivity index (χ1n) is 6.20. The van der Waals surface area contributed by atoms with E-state index in [2.05, 4.69) is 21.5 Å². The molecule has 0 saturated carbocycles. The number of pyridine rings is 2. The fourth-order valence-corrected chi connectivity index (χ4v) is 2.27. The Morgan fingerprint density at radius 1 is 1.05 bits per heavy atom. The van der Waals surface area contributed by atoms with Crippen molar-refractivity contribution in [2.45, 2.75) is 6.04 Å². The number of hydrogen-bond acceptors (Lipinski definition) is 4. The van der Waals surface area contributed by atoms with Crippen LogP contribution in [0.5, 0.6) is 0 Å². The lowest BCUT2D eigenvalue weighted by molar-refractivity contribution is 0.619. The Labute approximate surface area is 121 Å². The molecule has 3 N–H and O–H groups in total. The normalized spacial score (nSPS) is 12.5. The number of halogens is 1. The molecule has 2 heterocycles. The molecule has 0 aliphatic carbocycles. The van der Waals surface area contributed by atoms with E-state index in [1.807, 2.05) is 36.5 Å². The number of fused-ring (bicyclic) bond motifs is 1. The Morgan fingerprint density at radius 3 is 2.65 bits per heavy atom. The third-order valence-electron chi connectivity index (χ3n) is 3.16. The highest BCUT2D eigenvalue weighted by Gasteiger charge is 2.14. The van der Waals surface area contributed by atoms with Gasteiger partial charge in [-0.25, -0.2) is 5.43 Å². The zero-order valence-corrected chi connectivity index (χ0v) is 11.4. The van der Waals surface area contributed by atoms with Crippen LogP contribution in [-0.4, -0.2) is 9.97 Å². The van der Waals surface area contributed by atoms with E-state index in [0.717, 1.165) is 22.2 Å². The van der Waals surface area contributed by atoms with E-state index >= 15 is 0 Å². The first-order valence-corrected chi connectivity index (χ1v) is 6.58. The first kappa shape index (κ1) is 13.0. The molecule has 20 heavy (non-hydrogen) atoms. The predicted octanol–water partition coefficient (Wildman–Crippen LogP) is 2.84. The maximum absolute atomic E-state index is 5.86. The second-order valence-electron chi connectivity index (χ2n) is 4.46. The number of nitrogens with zero attached hydrogens (tertiary/aromatic N) is 2. The van der Waals surface area contributed by atoms with Gasteiger partial charge in [-0.15, -0.1) is 0 Å². The van der Waals surface area contributed by atoms with Gasteiger partial charge in [0.05, 0.1) is 22.3 Å². The molecule has 2 aromatic heterocycles. The van der Waals surface area contributed by atoms with Crippen molar-refractivity contribution >= 4 is 22.5 Å². The minimum Gasteiger partial charge on any atom is -0.271 e. The third-order valence-corrected chi connectivity index (χ3v) is 3.38. The molecule has 0 amide bonds. The van der Waals surface area contributed by atoms with Crippen molar-refractivity contribution in [2.24, 2.45) is 5.84 Å². The van der Waals surface area contributed by atoms with E-state index in [4.69, 9.17) is 17.4 Å². The van der Waals surface area contributed by atoms with E-state index in [1.165, 1.54) is 0 Å². The zero-order valence-electron chi connectivity index (χ0n) is 10.6. The van der Waals surface area contributed by atoms with Gasteiger partial charge >= 0.3 is 0 Å². The van der Waals surface area contributed by atoms with Gasteiger partial charge in [-0.05, 0) is 29.8 Å². The Hall–Kier alpha value is -2.01. The topological polar surface area (TPSA) is 63.8 Å². The molecule has 0 bridgehead atoms. The van der Waals surface area contributed by atoms with Crippen molar-refractivity contribution in [1.82, 2.24) is 15.4 Å². The molecule has 0 fully saturated rings. The highest BCUT2D eigenvalue weighted by Crippen LogP contribution is 2.23. The number of benzene rings is 1.